The van der Waals surface area contributed by atoms with Crippen LogP contribution in [0.5, 0.6) is 0 Å². The molecule has 0 radical (unpaired) electrons. The normalized spacial score (nSPS) is 38.5. The van der Waals surface area contributed by atoms with Crippen LogP contribution >= 0.6 is 0 Å². The average molecular weight is 595 g/mol. The molecule has 0 aromatic heterocycles. The van der Waals surface area contributed by atoms with Crippen molar-refractivity contribution in [1.82, 2.24) is 4.72 Å². The summed E-state index contributed by atoms with van der Waals surface area (Å²) in [6.07, 6.45) is -21.3. The fraction of sp³-hybridized carbons (Fsp3) is 0.917. The number of ether oxygens (including phenoxy) is 3. The van der Waals surface area contributed by atoms with Gasteiger partial charge in [0.1, 0.15) is 36.6 Å². The van der Waals surface area contributed by atoms with Gasteiger partial charge in [0.15, 0.2) is 24.8 Å². The summed E-state index contributed by atoms with van der Waals surface area (Å²) in [5.41, 5.74) is 0. The minimum Gasteiger partial charge on any atom is -0.479 e. The number of carboxylic acid groups (broad SMARTS) is 1. The molecule has 36 heavy (non-hydrogen) atoms. The number of hydrogen-bond acceptors (Lipinski definition) is 16. The maximum atomic E-state index is 11.6. The van der Waals surface area contributed by atoms with Gasteiger partial charge in [-0.2, -0.15) is 30.0 Å². The Bertz CT molecular complexity index is 1110. The minimum absolute atomic E-state index is 1.16. The zero-order chi connectivity index (χ0) is 27.8. The summed E-state index contributed by atoms with van der Waals surface area (Å²) >= 11 is 0. The maximum absolute atomic E-state index is 11.6. The van der Waals surface area contributed by atoms with Crippen molar-refractivity contribution in [2.75, 3.05) is 6.61 Å². The first-order chi connectivity index (χ1) is 16.2. The number of aliphatic carboxylic acids is 1. The molecule has 212 valence electrons. The first-order valence-electron chi connectivity index (χ1n) is 9.14. The quantitative estimate of drug-likeness (QED) is 0.106. The third-order valence-corrected chi connectivity index (χ3v) is 6.18. The molecule has 2 aliphatic rings. The molecule has 2 fully saturated rings. The van der Waals surface area contributed by atoms with Crippen molar-refractivity contribution >= 4 is 37.1 Å². The fourth-order valence-corrected chi connectivity index (χ4v) is 4.92. The van der Waals surface area contributed by atoms with E-state index in [0.29, 0.717) is 0 Å². The highest BCUT2D eigenvalue weighted by Gasteiger charge is 2.55. The number of nitrogens with one attached hydrogen (secondary N) is 1. The number of carboxylic acids is 1. The van der Waals surface area contributed by atoms with Gasteiger partial charge in [-0.25, -0.2) is 13.2 Å². The van der Waals surface area contributed by atoms with Gasteiger partial charge in [-0.1, -0.05) is 0 Å². The lowest BCUT2D eigenvalue weighted by Crippen LogP contribution is -2.68. The van der Waals surface area contributed by atoms with Crippen molar-refractivity contribution in [3.8, 4) is 0 Å². The van der Waals surface area contributed by atoms with Gasteiger partial charge >= 0.3 is 37.1 Å². The molecule has 9 N–H and O–H groups in total. The van der Waals surface area contributed by atoms with Crippen LogP contribution in [-0.2, 0) is 58.5 Å². The second-order valence-electron chi connectivity index (χ2n) is 7.19. The molecule has 0 amide bonds. The standard InChI is InChI=1S/C12H21NO20S3/c14-1-2-4(15)6(32-35(23,24)25)3(13-34(20,21)22)12(29-2)31-7-5(16)8(33-36(26,27)28)11(19)30-9(7)10(17)18/h2-9,11-16,19H,1H2,(H,17,18)(H,20,21,22)(H,23,24,25)(H,26,27,28)/t2-,3-,4-,5+,6-,7+,8-,9-,11-,12-/m1/s1. The van der Waals surface area contributed by atoms with Crippen molar-refractivity contribution in [2.45, 2.75) is 61.3 Å². The van der Waals surface area contributed by atoms with E-state index in [4.69, 9.17) is 23.1 Å². The van der Waals surface area contributed by atoms with Crippen LogP contribution < -0.4 is 4.72 Å². The summed E-state index contributed by atoms with van der Waals surface area (Å²) in [4.78, 5) is 11.6. The van der Waals surface area contributed by atoms with Gasteiger partial charge in [-0.3, -0.25) is 13.7 Å². The predicted molar refractivity (Wildman–Crippen MR) is 102 cm³/mol. The Balaban J connectivity index is 2.52. The lowest BCUT2D eigenvalue weighted by Gasteiger charge is -2.46. The highest BCUT2D eigenvalue weighted by atomic mass is 32.3. The molecule has 0 unspecified atom stereocenters. The topological polar surface area (TPSA) is 340 Å². The van der Waals surface area contributed by atoms with Crippen LogP contribution in [-0.4, -0.2) is 138 Å². The second-order valence-corrected chi connectivity index (χ2v) is 10.5. The van der Waals surface area contributed by atoms with Crippen LogP contribution in [0.3, 0.4) is 0 Å². The van der Waals surface area contributed by atoms with E-state index in [9.17, 15) is 55.6 Å². The molecular formula is C12H21NO20S3. The van der Waals surface area contributed by atoms with Gasteiger partial charge in [-0.05, 0) is 0 Å². The fourth-order valence-electron chi connectivity index (χ4n) is 3.33. The molecule has 2 heterocycles. The number of carbonyl (C=O) groups is 1. The van der Waals surface area contributed by atoms with Crippen LogP contribution in [0.2, 0.25) is 0 Å². The summed E-state index contributed by atoms with van der Waals surface area (Å²) in [6, 6.07) is -2.39. The number of aliphatic hydroxyl groups is 4. The molecular weight excluding hydrogens is 574 g/mol. The van der Waals surface area contributed by atoms with E-state index in [1.54, 1.807) is 0 Å². The molecule has 2 rings (SSSR count). The van der Waals surface area contributed by atoms with Crippen molar-refractivity contribution in [3.05, 3.63) is 0 Å². The van der Waals surface area contributed by atoms with Crippen LogP contribution in [0, 0.1) is 0 Å². The van der Waals surface area contributed by atoms with E-state index in [0.717, 1.165) is 0 Å². The van der Waals surface area contributed by atoms with E-state index in [1.165, 1.54) is 4.72 Å². The Kier molecular flexibility index (Phi) is 9.71. The Morgan fingerprint density at radius 3 is 1.81 bits per heavy atom. The minimum atomic E-state index is -5.49. The van der Waals surface area contributed by atoms with Gasteiger partial charge in [0.25, 0.3) is 0 Å². The van der Waals surface area contributed by atoms with Gasteiger partial charge in [-0.15, -0.1) is 0 Å². The van der Waals surface area contributed by atoms with Crippen LogP contribution in [0.4, 0.5) is 0 Å². The zero-order valence-electron chi connectivity index (χ0n) is 17.2. The van der Waals surface area contributed by atoms with Crippen LogP contribution in [0.15, 0.2) is 0 Å². The largest absolute Gasteiger partial charge is 0.479 e. The summed E-state index contributed by atoms with van der Waals surface area (Å²) in [5.74, 6) is -1.98. The zero-order valence-corrected chi connectivity index (χ0v) is 19.6. The Morgan fingerprint density at radius 1 is 0.833 bits per heavy atom. The first kappa shape index (κ1) is 31.0. The van der Waals surface area contributed by atoms with Gasteiger partial charge in [0.2, 0.25) is 0 Å². The molecule has 2 saturated heterocycles. The lowest BCUT2D eigenvalue weighted by molar-refractivity contribution is -0.331. The Morgan fingerprint density at radius 2 is 1.36 bits per heavy atom. The van der Waals surface area contributed by atoms with Crippen LogP contribution in [0.1, 0.15) is 0 Å². The van der Waals surface area contributed by atoms with E-state index in [-0.39, 0.29) is 0 Å². The first-order valence-corrected chi connectivity index (χ1v) is 13.3. The highest BCUT2D eigenvalue weighted by Crippen LogP contribution is 2.32. The van der Waals surface area contributed by atoms with Crippen molar-refractivity contribution < 1.29 is 91.8 Å². The second kappa shape index (κ2) is 11.3. The van der Waals surface area contributed by atoms with Crippen molar-refractivity contribution in [2.24, 2.45) is 0 Å². The predicted octanol–water partition coefficient (Wildman–Crippen LogP) is -6.25. The molecule has 2 aliphatic heterocycles. The van der Waals surface area contributed by atoms with Gasteiger partial charge in [0, 0.05) is 0 Å². The van der Waals surface area contributed by atoms with E-state index >= 15 is 0 Å². The summed E-state index contributed by atoms with van der Waals surface area (Å²) in [5, 5.41) is 49.2. The SMILES string of the molecule is O=C(O)[C@@H]1O[C@@H](O)[C@H](OS(=O)(=O)O)[C@@H](O)[C@@H]1O[C@H]1O[C@H](CO)[C@@H](O)[C@H](OS(=O)(=O)O)[C@H]1NS(=O)(=O)O. The average Bonchev–Trinajstić information content (AvgIpc) is 2.68. The molecule has 24 heteroatoms. The molecule has 0 bridgehead atoms. The molecule has 0 aromatic rings. The summed E-state index contributed by atoms with van der Waals surface area (Å²) in [7, 11) is -16.2. The molecule has 0 aliphatic carbocycles. The lowest BCUT2D eigenvalue weighted by atomic mass is 9.96. The Hall–Kier alpha value is -1.20. The van der Waals surface area contributed by atoms with Crippen molar-refractivity contribution in [3.63, 3.8) is 0 Å². The molecule has 0 spiro atoms. The molecule has 21 nitrogen and oxygen atoms in total. The summed E-state index contributed by atoms with van der Waals surface area (Å²) in [6.45, 7) is -1.16. The third-order valence-electron chi connectivity index (χ3n) is 4.68. The smallest absolute Gasteiger partial charge is 0.397 e. The summed E-state index contributed by atoms with van der Waals surface area (Å²) < 4.78 is 119. The molecule has 0 saturated carbocycles. The maximum Gasteiger partial charge on any atom is 0.397 e. The van der Waals surface area contributed by atoms with E-state index in [1.807, 2.05) is 0 Å². The van der Waals surface area contributed by atoms with Gasteiger partial charge < -0.3 is 39.7 Å². The number of rotatable bonds is 10. The Labute approximate surface area is 201 Å². The number of aliphatic hydroxyl groups excluding tert-OH is 4. The van der Waals surface area contributed by atoms with Gasteiger partial charge in [0.05, 0.1) is 6.61 Å². The monoisotopic (exact) mass is 595 g/mol. The number of hydrogen-bond donors (Lipinski definition) is 9. The molecule has 0 aromatic carbocycles. The van der Waals surface area contributed by atoms with Crippen molar-refractivity contribution in [1.29, 1.82) is 0 Å². The molecule has 10 atom stereocenters. The third kappa shape index (κ3) is 8.15. The van der Waals surface area contributed by atoms with E-state index in [2.05, 4.69) is 13.1 Å². The van der Waals surface area contributed by atoms with E-state index < -0.39 is 105 Å². The highest BCUT2D eigenvalue weighted by molar-refractivity contribution is 7.83. The van der Waals surface area contributed by atoms with Crippen LogP contribution in [0.25, 0.3) is 0 Å².